The predicted octanol–water partition coefficient (Wildman–Crippen LogP) is 1.09. The molecule has 5 rings (SSSR count). The van der Waals surface area contributed by atoms with E-state index in [9.17, 15) is 17.6 Å². The number of sulfone groups is 1. The molecular formula is C22H28FN5O3S. The minimum absolute atomic E-state index is 0.0425. The van der Waals surface area contributed by atoms with Crippen LogP contribution in [0.25, 0.3) is 11.3 Å². The first-order valence-electron chi connectivity index (χ1n) is 11.0. The van der Waals surface area contributed by atoms with Gasteiger partial charge in [0.1, 0.15) is 10.6 Å². The molecule has 2 aromatic rings. The monoisotopic (exact) mass is 461 g/mol. The normalized spacial score (nSPS) is 25.2. The van der Waals surface area contributed by atoms with Crippen molar-refractivity contribution >= 4 is 15.7 Å². The van der Waals surface area contributed by atoms with Crippen molar-refractivity contribution in [2.75, 3.05) is 58.6 Å². The average molecular weight is 462 g/mol. The lowest BCUT2D eigenvalue weighted by Crippen LogP contribution is -2.69. The van der Waals surface area contributed by atoms with Crippen LogP contribution in [0.2, 0.25) is 0 Å². The van der Waals surface area contributed by atoms with Gasteiger partial charge in [-0.15, -0.1) is 0 Å². The minimum atomic E-state index is -3.26. The summed E-state index contributed by atoms with van der Waals surface area (Å²) >= 11 is 0. The number of amides is 1. The van der Waals surface area contributed by atoms with Crippen molar-refractivity contribution in [3.05, 3.63) is 41.8 Å². The Balaban J connectivity index is 1.32. The molecule has 1 aromatic heterocycles. The molecule has 0 radical (unpaired) electrons. The second-order valence-corrected chi connectivity index (χ2v) is 11.8. The number of H-pyrrole nitrogens is 1. The van der Waals surface area contributed by atoms with E-state index in [4.69, 9.17) is 0 Å². The van der Waals surface area contributed by atoms with Gasteiger partial charge in [-0.05, 0) is 43.7 Å². The third kappa shape index (κ3) is 3.54. The molecule has 1 unspecified atom stereocenters. The van der Waals surface area contributed by atoms with Crippen molar-refractivity contribution in [3.8, 4) is 11.3 Å². The number of hydrogen-bond acceptors (Lipinski definition) is 6. The molecule has 0 aliphatic carbocycles. The van der Waals surface area contributed by atoms with Gasteiger partial charge in [0.15, 0.2) is 9.84 Å². The van der Waals surface area contributed by atoms with Gasteiger partial charge >= 0.3 is 0 Å². The number of likely N-dealkylation sites (N-methyl/N-ethyl adjacent to an activating group) is 1. The number of benzene rings is 1. The Kier molecular flexibility index (Phi) is 5.34. The van der Waals surface area contributed by atoms with Crippen LogP contribution in [-0.4, -0.2) is 103 Å². The minimum Gasteiger partial charge on any atom is -0.335 e. The van der Waals surface area contributed by atoms with Crippen LogP contribution in [0.3, 0.4) is 0 Å². The van der Waals surface area contributed by atoms with Gasteiger partial charge in [-0.1, -0.05) is 0 Å². The van der Waals surface area contributed by atoms with Gasteiger partial charge in [-0.3, -0.25) is 9.89 Å². The zero-order valence-electron chi connectivity index (χ0n) is 18.1. The van der Waals surface area contributed by atoms with E-state index >= 15 is 0 Å². The quantitative estimate of drug-likeness (QED) is 0.733. The van der Waals surface area contributed by atoms with Gasteiger partial charge in [0.25, 0.3) is 5.91 Å². The summed E-state index contributed by atoms with van der Waals surface area (Å²) < 4.78 is 38.5. The first-order valence-corrected chi connectivity index (χ1v) is 12.7. The predicted molar refractivity (Wildman–Crippen MR) is 118 cm³/mol. The number of halogens is 1. The third-order valence-corrected chi connectivity index (χ3v) is 9.98. The molecule has 10 heteroatoms. The van der Waals surface area contributed by atoms with E-state index in [1.54, 1.807) is 17.0 Å². The van der Waals surface area contributed by atoms with Gasteiger partial charge in [0, 0.05) is 51.4 Å². The fourth-order valence-electron chi connectivity index (χ4n) is 5.27. The maximum Gasteiger partial charge on any atom is 0.257 e. The largest absolute Gasteiger partial charge is 0.335 e. The number of rotatable bonds is 4. The summed E-state index contributed by atoms with van der Waals surface area (Å²) in [6, 6.07) is 5.84. The highest BCUT2D eigenvalue weighted by atomic mass is 32.2. The van der Waals surface area contributed by atoms with Crippen LogP contribution in [0.4, 0.5) is 4.39 Å². The Bertz CT molecular complexity index is 1100. The van der Waals surface area contributed by atoms with Crippen molar-refractivity contribution in [2.45, 2.75) is 11.2 Å². The second kappa shape index (κ2) is 7.93. The van der Waals surface area contributed by atoms with Crippen molar-refractivity contribution in [1.29, 1.82) is 0 Å². The maximum absolute atomic E-state index is 13.3. The van der Waals surface area contributed by atoms with Gasteiger partial charge < -0.3 is 14.7 Å². The number of carbonyl (C=O) groups excluding carboxylic acids is 1. The Morgan fingerprint density at radius 2 is 1.88 bits per heavy atom. The van der Waals surface area contributed by atoms with E-state index in [2.05, 4.69) is 27.0 Å². The first kappa shape index (κ1) is 21.5. The van der Waals surface area contributed by atoms with E-state index in [-0.39, 0.29) is 36.5 Å². The van der Waals surface area contributed by atoms with Crippen LogP contribution in [0.5, 0.6) is 0 Å². The van der Waals surface area contributed by atoms with Crippen molar-refractivity contribution < 1.29 is 17.6 Å². The molecule has 3 aliphatic rings. The van der Waals surface area contributed by atoms with E-state index in [0.717, 1.165) is 32.7 Å². The van der Waals surface area contributed by atoms with Crippen LogP contribution in [0, 0.1) is 11.7 Å². The van der Waals surface area contributed by atoms with E-state index < -0.39 is 14.6 Å². The lowest BCUT2D eigenvalue weighted by atomic mass is 9.82. The van der Waals surface area contributed by atoms with E-state index in [0.29, 0.717) is 23.2 Å². The fourth-order valence-corrected chi connectivity index (χ4v) is 7.68. The third-order valence-electron chi connectivity index (χ3n) is 7.38. The van der Waals surface area contributed by atoms with Crippen LogP contribution < -0.4 is 0 Å². The number of nitrogens with zero attached hydrogens (tertiary/aromatic N) is 4. The van der Waals surface area contributed by atoms with Gasteiger partial charge in [0.2, 0.25) is 0 Å². The molecule has 1 N–H and O–H groups in total. The van der Waals surface area contributed by atoms with Crippen molar-refractivity contribution in [2.24, 2.45) is 5.92 Å². The standard InChI is InChI=1S/C22H28FN5O3S/c1-26-7-9-27(10-8-26)13-17-6-11-32(30,31)22(17)14-28(15-22)21(29)19-12-24-25-20(19)16-2-4-18(23)5-3-16/h2-5,12,17H,6-11,13-15H2,1H3,(H,24,25). The molecule has 3 aliphatic heterocycles. The van der Waals surface area contributed by atoms with Crippen LogP contribution >= 0.6 is 0 Å². The Morgan fingerprint density at radius 1 is 1.19 bits per heavy atom. The molecule has 3 saturated heterocycles. The number of hydrogen-bond donors (Lipinski definition) is 1. The molecule has 8 nitrogen and oxygen atoms in total. The van der Waals surface area contributed by atoms with E-state index in [1.165, 1.54) is 18.3 Å². The summed E-state index contributed by atoms with van der Waals surface area (Å²) in [4.78, 5) is 19.5. The summed E-state index contributed by atoms with van der Waals surface area (Å²) in [5.74, 6) is -0.367. The molecule has 1 amide bonds. The summed E-state index contributed by atoms with van der Waals surface area (Å²) in [5.41, 5.74) is 1.54. The zero-order chi connectivity index (χ0) is 22.5. The molecular weight excluding hydrogens is 433 g/mol. The highest BCUT2D eigenvalue weighted by Crippen LogP contribution is 2.45. The van der Waals surface area contributed by atoms with Crippen LogP contribution in [-0.2, 0) is 9.84 Å². The number of likely N-dealkylation sites (tertiary alicyclic amines) is 1. The van der Waals surface area contributed by atoms with Crippen molar-refractivity contribution in [3.63, 3.8) is 0 Å². The molecule has 0 bridgehead atoms. The summed E-state index contributed by atoms with van der Waals surface area (Å²) in [6.07, 6.45) is 2.11. The molecule has 0 saturated carbocycles. The number of carbonyl (C=O) groups is 1. The lowest BCUT2D eigenvalue weighted by Gasteiger charge is -2.51. The highest BCUT2D eigenvalue weighted by Gasteiger charge is 2.62. The lowest BCUT2D eigenvalue weighted by molar-refractivity contribution is 0.0391. The van der Waals surface area contributed by atoms with Crippen LogP contribution in [0.15, 0.2) is 30.5 Å². The molecule has 1 aromatic carbocycles. The SMILES string of the molecule is CN1CCN(CC2CCS(=O)(=O)C23CN(C(=O)c2cn[nH]c2-c2ccc(F)cc2)C3)CC1. The summed E-state index contributed by atoms with van der Waals surface area (Å²) in [6.45, 7) is 5.08. The molecule has 32 heavy (non-hydrogen) atoms. The molecule has 4 heterocycles. The van der Waals surface area contributed by atoms with Crippen molar-refractivity contribution in [1.82, 2.24) is 24.9 Å². The second-order valence-electron chi connectivity index (χ2n) is 9.30. The molecule has 1 atom stereocenters. The molecule has 1 spiro atoms. The summed E-state index contributed by atoms with van der Waals surface area (Å²) in [5, 5.41) is 6.82. The average Bonchev–Trinajstić information content (AvgIpc) is 3.31. The van der Waals surface area contributed by atoms with E-state index in [1.807, 2.05) is 0 Å². The number of nitrogens with one attached hydrogen (secondary N) is 1. The zero-order valence-corrected chi connectivity index (χ0v) is 18.9. The number of aromatic nitrogens is 2. The number of aromatic amines is 1. The Labute approximate surface area is 187 Å². The van der Waals surface area contributed by atoms with Gasteiger partial charge in [0.05, 0.1) is 23.2 Å². The smallest absolute Gasteiger partial charge is 0.257 e. The van der Waals surface area contributed by atoms with Gasteiger partial charge in [-0.25, -0.2) is 12.8 Å². The highest BCUT2D eigenvalue weighted by molar-refractivity contribution is 7.93. The number of piperazine rings is 1. The maximum atomic E-state index is 13.3. The molecule has 172 valence electrons. The summed E-state index contributed by atoms with van der Waals surface area (Å²) in [7, 11) is -1.16. The van der Waals surface area contributed by atoms with Gasteiger partial charge in [-0.2, -0.15) is 5.10 Å². The molecule has 3 fully saturated rings. The Morgan fingerprint density at radius 3 is 2.56 bits per heavy atom. The first-order chi connectivity index (χ1) is 15.3. The fraction of sp³-hybridized carbons (Fsp3) is 0.545. The Hall–Kier alpha value is -2.30. The van der Waals surface area contributed by atoms with Crippen LogP contribution in [0.1, 0.15) is 16.8 Å². The topological polar surface area (TPSA) is 89.6 Å².